The maximum atomic E-state index is 13.5. The molecule has 0 atom stereocenters. The number of benzene rings is 2. The minimum absolute atomic E-state index is 0.0145. The SMILES string of the molecule is CCCCn1c(=O)c2ccc(OCC(=O)NC)cc2c2cc(C(O)(C(F)(F)F)C(F)(F)F)ccc21. The molecular formula is C23H22F6N2O4. The Bertz CT molecular complexity index is 1300. The van der Waals surface area contributed by atoms with Crippen LogP contribution >= 0.6 is 0 Å². The molecule has 0 aliphatic heterocycles. The summed E-state index contributed by atoms with van der Waals surface area (Å²) in [6.45, 7) is 1.63. The molecule has 0 aliphatic rings. The summed E-state index contributed by atoms with van der Waals surface area (Å²) in [7, 11) is 1.38. The second-order valence-electron chi connectivity index (χ2n) is 7.92. The monoisotopic (exact) mass is 504 g/mol. The average molecular weight is 504 g/mol. The third-order valence-electron chi connectivity index (χ3n) is 5.67. The lowest BCUT2D eigenvalue weighted by molar-refractivity contribution is -0.376. The number of fused-ring (bicyclic) bond motifs is 3. The van der Waals surface area contributed by atoms with Gasteiger partial charge in [0.1, 0.15) is 5.75 Å². The number of amides is 1. The molecule has 3 aromatic rings. The number of unbranched alkanes of at least 4 members (excludes halogenated alkanes) is 1. The van der Waals surface area contributed by atoms with Crippen LogP contribution in [-0.4, -0.2) is 41.6 Å². The van der Waals surface area contributed by atoms with E-state index < -0.39 is 41.6 Å². The molecule has 0 aliphatic carbocycles. The number of pyridine rings is 1. The van der Waals surface area contributed by atoms with Crippen molar-refractivity contribution in [1.82, 2.24) is 9.88 Å². The van der Waals surface area contributed by atoms with Gasteiger partial charge in [0, 0.05) is 35.3 Å². The first-order valence-electron chi connectivity index (χ1n) is 10.6. The largest absolute Gasteiger partial charge is 0.484 e. The first-order valence-corrected chi connectivity index (χ1v) is 10.6. The maximum absolute atomic E-state index is 13.5. The Labute approximate surface area is 195 Å². The van der Waals surface area contributed by atoms with E-state index >= 15 is 0 Å². The van der Waals surface area contributed by atoms with Crippen LogP contribution in [0.25, 0.3) is 21.7 Å². The van der Waals surface area contributed by atoms with Crippen LogP contribution in [0.1, 0.15) is 25.3 Å². The number of alkyl halides is 6. The van der Waals surface area contributed by atoms with Crippen molar-refractivity contribution >= 4 is 27.6 Å². The lowest BCUT2D eigenvalue weighted by Crippen LogP contribution is -2.53. The van der Waals surface area contributed by atoms with Crippen molar-refractivity contribution in [2.45, 2.75) is 44.3 Å². The van der Waals surface area contributed by atoms with Gasteiger partial charge in [-0.1, -0.05) is 19.4 Å². The predicted octanol–water partition coefficient (Wildman–Crippen LogP) is 4.39. The normalized spacial score (nSPS) is 12.8. The summed E-state index contributed by atoms with van der Waals surface area (Å²) < 4.78 is 87.6. The lowest BCUT2D eigenvalue weighted by Gasteiger charge is -2.33. The zero-order valence-corrected chi connectivity index (χ0v) is 18.7. The Kier molecular flexibility index (Phi) is 7.07. The average Bonchev–Trinajstić information content (AvgIpc) is 2.80. The van der Waals surface area contributed by atoms with Crippen LogP contribution in [0.4, 0.5) is 26.3 Å². The van der Waals surface area contributed by atoms with Crippen LogP contribution in [0.5, 0.6) is 5.75 Å². The number of likely N-dealkylation sites (N-methyl/N-ethyl adjacent to an activating group) is 1. The summed E-state index contributed by atoms with van der Waals surface area (Å²) in [5.41, 5.74) is -6.97. The molecule has 12 heteroatoms. The van der Waals surface area contributed by atoms with Gasteiger partial charge >= 0.3 is 12.4 Å². The number of halogens is 6. The highest BCUT2D eigenvalue weighted by Gasteiger charge is 2.71. The van der Waals surface area contributed by atoms with E-state index in [1.165, 1.54) is 29.8 Å². The summed E-state index contributed by atoms with van der Waals surface area (Å²) in [4.78, 5) is 24.6. The molecule has 1 heterocycles. The number of carbonyl (C=O) groups is 1. The van der Waals surface area contributed by atoms with Crippen LogP contribution in [-0.2, 0) is 16.9 Å². The van der Waals surface area contributed by atoms with Gasteiger partial charge in [0.2, 0.25) is 0 Å². The first kappa shape index (κ1) is 26.3. The molecule has 0 radical (unpaired) electrons. The predicted molar refractivity (Wildman–Crippen MR) is 116 cm³/mol. The lowest BCUT2D eigenvalue weighted by atomic mass is 9.90. The number of aromatic nitrogens is 1. The van der Waals surface area contributed by atoms with Gasteiger partial charge in [-0.2, -0.15) is 26.3 Å². The van der Waals surface area contributed by atoms with Crippen molar-refractivity contribution < 1.29 is 41.0 Å². The molecular weight excluding hydrogens is 482 g/mol. The van der Waals surface area contributed by atoms with Crippen LogP contribution in [0, 0.1) is 0 Å². The Hall–Kier alpha value is -3.28. The van der Waals surface area contributed by atoms with Crippen molar-refractivity contribution in [2.24, 2.45) is 0 Å². The van der Waals surface area contributed by atoms with Gasteiger partial charge in [-0.3, -0.25) is 9.59 Å². The van der Waals surface area contributed by atoms with E-state index in [9.17, 15) is 41.0 Å². The molecule has 6 nitrogen and oxygen atoms in total. The number of nitrogens with zero attached hydrogens (tertiary/aromatic N) is 1. The number of ether oxygens (including phenoxy) is 1. The molecule has 2 N–H and O–H groups in total. The highest BCUT2D eigenvalue weighted by molar-refractivity contribution is 6.06. The molecule has 2 aromatic carbocycles. The molecule has 190 valence electrons. The maximum Gasteiger partial charge on any atom is 0.430 e. The van der Waals surface area contributed by atoms with Gasteiger partial charge < -0.3 is 19.7 Å². The molecule has 1 amide bonds. The molecule has 0 bridgehead atoms. The highest BCUT2D eigenvalue weighted by atomic mass is 19.4. The van der Waals surface area contributed by atoms with E-state index in [0.717, 1.165) is 6.07 Å². The quantitative estimate of drug-likeness (QED) is 0.370. The number of nitrogens with one attached hydrogen (secondary N) is 1. The number of hydrogen-bond donors (Lipinski definition) is 2. The van der Waals surface area contributed by atoms with Crippen molar-refractivity contribution in [3.63, 3.8) is 0 Å². The Balaban J connectivity index is 2.37. The van der Waals surface area contributed by atoms with Crippen molar-refractivity contribution in [2.75, 3.05) is 13.7 Å². The molecule has 0 saturated heterocycles. The highest BCUT2D eigenvalue weighted by Crippen LogP contribution is 2.50. The fraction of sp³-hybridized carbons (Fsp3) is 0.391. The molecule has 1 aromatic heterocycles. The fourth-order valence-corrected chi connectivity index (χ4v) is 3.74. The van der Waals surface area contributed by atoms with Crippen LogP contribution in [0.3, 0.4) is 0 Å². The molecule has 0 spiro atoms. The summed E-state index contributed by atoms with van der Waals surface area (Å²) >= 11 is 0. The minimum atomic E-state index is -6.06. The van der Waals surface area contributed by atoms with Gasteiger partial charge in [-0.25, -0.2) is 0 Å². The molecule has 0 fully saturated rings. The standard InChI is InChI=1S/C23H22F6N2O4/c1-3-4-9-31-18-8-5-13(21(34,22(24,25)26)23(27,28)29)10-17(18)16-11-14(35-12-19(32)30-2)6-7-15(16)20(31)33/h5-8,10-11,34H,3-4,9,12H2,1-2H3,(H,30,32). The zero-order chi connectivity index (χ0) is 26.2. The number of aliphatic hydroxyl groups is 1. The summed E-state index contributed by atoms with van der Waals surface area (Å²) in [5, 5.41) is 12.1. The summed E-state index contributed by atoms with van der Waals surface area (Å²) in [6, 6.07) is 6.02. The Morgan fingerprint density at radius 2 is 1.66 bits per heavy atom. The Morgan fingerprint density at radius 1 is 1.00 bits per heavy atom. The van der Waals surface area contributed by atoms with E-state index in [2.05, 4.69) is 5.32 Å². The van der Waals surface area contributed by atoms with Gasteiger partial charge in [0.15, 0.2) is 6.61 Å². The van der Waals surface area contributed by atoms with Crippen molar-refractivity contribution in [1.29, 1.82) is 0 Å². The second-order valence-corrected chi connectivity index (χ2v) is 7.92. The fourth-order valence-electron chi connectivity index (χ4n) is 3.74. The first-order chi connectivity index (χ1) is 16.3. The number of hydrogen-bond acceptors (Lipinski definition) is 4. The topological polar surface area (TPSA) is 80.6 Å². The van der Waals surface area contributed by atoms with E-state index in [0.29, 0.717) is 25.0 Å². The van der Waals surface area contributed by atoms with Crippen LogP contribution in [0.2, 0.25) is 0 Å². The third kappa shape index (κ3) is 4.66. The minimum Gasteiger partial charge on any atom is -0.484 e. The summed E-state index contributed by atoms with van der Waals surface area (Å²) in [5.74, 6) is -0.409. The van der Waals surface area contributed by atoms with Gasteiger partial charge in [0.05, 0.1) is 5.52 Å². The third-order valence-corrected chi connectivity index (χ3v) is 5.67. The van der Waals surface area contributed by atoms with E-state index in [1.807, 2.05) is 6.92 Å². The van der Waals surface area contributed by atoms with Gasteiger partial charge in [-0.05, 0) is 36.8 Å². The number of carbonyl (C=O) groups excluding carboxylic acids is 1. The van der Waals surface area contributed by atoms with Crippen molar-refractivity contribution in [3.05, 3.63) is 52.3 Å². The van der Waals surface area contributed by atoms with Gasteiger partial charge in [-0.15, -0.1) is 0 Å². The number of rotatable bonds is 7. The van der Waals surface area contributed by atoms with Crippen molar-refractivity contribution in [3.8, 4) is 5.75 Å². The van der Waals surface area contributed by atoms with E-state index in [1.54, 1.807) is 0 Å². The zero-order valence-electron chi connectivity index (χ0n) is 18.7. The van der Waals surface area contributed by atoms with Crippen LogP contribution in [0.15, 0.2) is 41.2 Å². The number of aryl methyl sites for hydroxylation is 1. The molecule has 0 saturated carbocycles. The van der Waals surface area contributed by atoms with E-state index in [4.69, 9.17) is 4.74 Å². The second kappa shape index (κ2) is 9.40. The smallest absolute Gasteiger partial charge is 0.430 e. The van der Waals surface area contributed by atoms with Gasteiger partial charge in [0.25, 0.3) is 17.1 Å². The Morgan fingerprint density at radius 3 is 2.23 bits per heavy atom. The molecule has 0 unspecified atom stereocenters. The van der Waals surface area contributed by atoms with E-state index in [-0.39, 0.29) is 34.0 Å². The molecule has 3 rings (SSSR count). The molecule has 35 heavy (non-hydrogen) atoms. The summed E-state index contributed by atoms with van der Waals surface area (Å²) in [6.07, 6.45) is -10.9. The van der Waals surface area contributed by atoms with Crippen LogP contribution < -0.4 is 15.6 Å².